The number of hydrogen-bond acceptors (Lipinski definition) is 4. The summed E-state index contributed by atoms with van der Waals surface area (Å²) >= 11 is 12.1. The van der Waals surface area contributed by atoms with E-state index in [1.165, 1.54) is 6.33 Å². The first-order valence-corrected chi connectivity index (χ1v) is 5.83. The number of benzene rings is 1. The lowest BCUT2D eigenvalue weighted by Gasteiger charge is -2.01. The van der Waals surface area contributed by atoms with Crippen molar-refractivity contribution in [2.24, 2.45) is 0 Å². The summed E-state index contributed by atoms with van der Waals surface area (Å²) < 4.78 is 0. The fourth-order valence-electron chi connectivity index (χ4n) is 1.66. The zero-order valence-electron chi connectivity index (χ0n) is 8.98. The highest BCUT2D eigenvalue weighted by Crippen LogP contribution is 2.32. The van der Waals surface area contributed by atoms with Crippen molar-refractivity contribution in [3.63, 3.8) is 0 Å². The highest BCUT2D eigenvalue weighted by Gasteiger charge is 2.13. The number of fused-ring (bicyclic) bond motifs is 1. The van der Waals surface area contributed by atoms with Gasteiger partial charge in [-0.2, -0.15) is 0 Å². The lowest BCUT2D eigenvalue weighted by Crippen LogP contribution is -1.91. The van der Waals surface area contributed by atoms with Crippen LogP contribution in [0.15, 0.2) is 24.5 Å². The second-order valence-electron chi connectivity index (χ2n) is 3.64. The largest absolute Gasteiger partial charge is 0.382 e. The number of imidazole rings is 1. The summed E-state index contributed by atoms with van der Waals surface area (Å²) in [6, 6.07) is 5.32. The molecule has 0 bridgehead atoms. The summed E-state index contributed by atoms with van der Waals surface area (Å²) in [5.41, 5.74) is 7.51. The van der Waals surface area contributed by atoms with Crippen LogP contribution in [0.5, 0.6) is 0 Å². The molecule has 0 unspecified atom stereocenters. The summed E-state index contributed by atoms with van der Waals surface area (Å²) in [5.74, 6) is 0.904. The average molecular weight is 280 g/mol. The van der Waals surface area contributed by atoms with E-state index in [4.69, 9.17) is 28.9 Å². The maximum atomic E-state index is 6.14. The average Bonchev–Trinajstić information content (AvgIpc) is 2.78. The van der Waals surface area contributed by atoms with Crippen LogP contribution in [0.25, 0.3) is 22.6 Å². The first kappa shape index (κ1) is 11.3. The Morgan fingerprint density at radius 1 is 1.17 bits per heavy atom. The normalized spacial score (nSPS) is 11.0. The second kappa shape index (κ2) is 4.12. The maximum Gasteiger partial charge on any atom is 0.183 e. The van der Waals surface area contributed by atoms with E-state index < -0.39 is 0 Å². The van der Waals surface area contributed by atoms with Crippen LogP contribution in [0.4, 0.5) is 5.82 Å². The molecule has 0 fully saturated rings. The van der Waals surface area contributed by atoms with Gasteiger partial charge in [-0.1, -0.05) is 29.3 Å². The lowest BCUT2D eigenvalue weighted by atomic mass is 10.2. The standard InChI is InChI=1S/C11H7Cl2N5/c12-6-3-1-2-5(7(6)13)10-17-8-9(14)15-4-16-11(8)18-10/h1-4H,(H3,14,15,16,17,18). The third-order valence-corrected chi connectivity index (χ3v) is 3.34. The monoisotopic (exact) mass is 279 g/mol. The predicted molar refractivity (Wildman–Crippen MR) is 71.6 cm³/mol. The minimum absolute atomic E-state index is 0.344. The molecule has 2 aromatic heterocycles. The van der Waals surface area contributed by atoms with Gasteiger partial charge in [0, 0.05) is 5.56 Å². The molecule has 0 aliphatic heterocycles. The number of hydrogen-bond donors (Lipinski definition) is 2. The first-order valence-electron chi connectivity index (χ1n) is 5.07. The van der Waals surface area contributed by atoms with Crippen LogP contribution in [0.1, 0.15) is 0 Å². The molecule has 3 N–H and O–H groups in total. The quantitative estimate of drug-likeness (QED) is 0.718. The van der Waals surface area contributed by atoms with Gasteiger partial charge in [0.1, 0.15) is 17.7 Å². The molecule has 0 atom stereocenters. The van der Waals surface area contributed by atoms with Crippen LogP contribution >= 0.6 is 23.2 Å². The number of anilines is 1. The van der Waals surface area contributed by atoms with Crippen molar-refractivity contribution < 1.29 is 0 Å². The fraction of sp³-hybridized carbons (Fsp3) is 0. The number of nitrogens with two attached hydrogens (primary N) is 1. The predicted octanol–water partition coefficient (Wildman–Crippen LogP) is 2.91. The Kier molecular flexibility index (Phi) is 2.57. The Morgan fingerprint density at radius 3 is 2.78 bits per heavy atom. The SMILES string of the molecule is Nc1ncnc2nc(-c3cccc(Cl)c3Cl)[nH]c12. The van der Waals surface area contributed by atoms with Crippen molar-refractivity contribution in [1.82, 2.24) is 19.9 Å². The van der Waals surface area contributed by atoms with Gasteiger partial charge in [-0.25, -0.2) is 15.0 Å². The molecule has 0 amide bonds. The fourth-order valence-corrected chi connectivity index (χ4v) is 2.05. The number of halogens is 2. The molecule has 0 spiro atoms. The maximum absolute atomic E-state index is 6.14. The van der Waals surface area contributed by atoms with Crippen LogP contribution in [0.3, 0.4) is 0 Å². The zero-order chi connectivity index (χ0) is 12.7. The Hall–Kier alpha value is -1.85. The minimum Gasteiger partial charge on any atom is -0.382 e. The molecule has 7 heteroatoms. The molecule has 1 aromatic carbocycles. The van der Waals surface area contributed by atoms with Crippen molar-refractivity contribution in [3.05, 3.63) is 34.6 Å². The van der Waals surface area contributed by atoms with E-state index in [0.717, 1.165) is 0 Å². The molecule has 0 saturated carbocycles. The van der Waals surface area contributed by atoms with E-state index in [2.05, 4.69) is 19.9 Å². The van der Waals surface area contributed by atoms with Gasteiger partial charge in [0.05, 0.1) is 10.0 Å². The molecule has 18 heavy (non-hydrogen) atoms. The highest BCUT2D eigenvalue weighted by molar-refractivity contribution is 6.43. The Morgan fingerprint density at radius 2 is 2.00 bits per heavy atom. The van der Waals surface area contributed by atoms with Crippen molar-refractivity contribution in [2.45, 2.75) is 0 Å². The Bertz CT molecular complexity index is 737. The van der Waals surface area contributed by atoms with Gasteiger partial charge in [-0.15, -0.1) is 0 Å². The van der Waals surface area contributed by atoms with Gasteiger partial charge in [0.15, 0.2) is 11.5 Å². The molecule has 2 heterocycles. The van der Waals surface area contributed by atoms with Gasteiger partial charge < -0.3 is 10.7 Å². The minimum atomic E-state index is 0.344. The van der Waals surface area contributed by atoms with E-state index in [0.29, 0.717) is 38.4 Å². The van der Waals surface area contributed by atoms with Crippen LogP contribution in [0, 0.1) is 0 Å². The van der Waals surface area contributed by atoms with Crippen LogP contribution in [-0.2, 0) is 0 Å². The molecule has 90 valence electrons. The molecule has 3 aromatic rings. The summed E-state index contributed by atoms with van der Waals surface area (Å²) in [6.07, 6.45) is 1.36. The first-order chi connectivity index (χ1) is 8.66. The number of nitrogens with one attached hydrogen (secondary N) is 1. The van der Waals surface area contributed by atoms with E-state index in [1.54, 1.807) is 12.1 Å². The van der Waals surface area contributed by atoms with Crippen molar-refractivity contribution in [1.29, 1.82) is 0 Å². The molecule has 3 rings (SSSR count). The van der Waals surface area contributed by atoms with E-state index in [-0.39, 0.29) is 0 Å². The summed E-state index contributed by atoms with van der Waals surface area (Å²) in [5, 5.41) is 0.901. The van der Waals surface area contributed by atoms with Gasteiger partial charge in [0.25, 0.3) is 0 Å². The third-order valence-electron chi connectivity index (χ3n) is 2.52. The van der Waals surface area contributed by atoms with Crippen molar-refractivity contribution in [2.75, 3.05) is 5.73 Å². The number of aromatic nitrogens is 4. The molecule has 0 aliphatic rings. The van der Waals surface area contributed by atoms with Crippen LogP contribution in [-0.4, -0.2) is 19.9 Å². The Balaban J connectivity index is 2.26. The van der Waals surface area contributed by atoms with Crippen molar-refractivity contribution in [3.8, 4) is 11.4 Å². The summed E-state index contributed by atoms with van der Waals surface area (Å²) in [4.78, 5) is 15.3. The number of rotatable bonds is 1. The molecule has 5 nitrogen and oxygen atoms in total. The topological polar surface area (TPSA) is 80.5 Å². The van der Waals surface area contributed by atoms with Crippen molar-refractivity contribution >= 4 is 40.2 Å². The Labute approximate surface area is 112 Å². The second-order valence-corrected chi connectivity index (χ2v) is 4.43. The van der Waals surface area contributed by atoms with E-state index in [9.17, 15) is 0 Å². The van der Waals surface area contributed by atoms with E-state index >= 15 is 0 Å². The lowest BCUT2D eigenvalue weighted by molar-refractivity contribution is 1.21. The van der Waals surface area contributed by atoms with E-state index in [1.807, 2.05) is 6.07 Å². The number of nitrogens with zero attached hydrogens (tertiary/aromatic N) is 3. The van der Waals surface area contributed by atoms with Crippen LogP contribution in [0.2, 0.25) is 10.0 Å². The number of H-pyrrole nitrogens is 1. The highest BCUT2D eigenvalue weighted by atomic mass is 35.5. The zero-order valence-corrected chi connectivity index (χ0v) is 10.5. The van der Waals surface area contributed by atoms with Gasteiger partial charge in [-0.05, 0) is 12.1 Å². The molecule has 0 saturated heterocycles. The number of nitrogen functional groups attached to an aromatic ring is 1. The smallest absolute Gasteiger partial charge is 0.183 e. The molecular formula is C11H7Cl2N5. The molecule has 0 aliphatic carbocycles. The van der Waals surface area contributed by atoms with Gasteiger partial charge >= 0.3 is 0 Å². The van der Waals surface area contributed by atoms with Gasteiger partial charge in [-0.3, -0.25) is 0 Å². The third kappa shape index (κ3) is 1.68. The van der Waals surface area contributed by atoms with Crippen LogP contribution < -0.4 is 5.73 Å². The molecular weight excluding hydrogens is 273 g/mol. The summed E-state index contributed by atoms with van der Waals surface area (Å²) in [6.45, 7) is 0. The number of aromatic amines is 1. The molecule has 0 radical (unpaired) electrons. The summed E-state index contributed by atoms with van der Waals surface area (Å²) in [7, 11) is 0. The van der Waals surface area contributed by atoms with Gasteiger partial charge in [0.2, 0.25) is 0 Å².